The molecule has 1 atom stereocenters. The van der Waals surface area contributed by atoms with Gasteiger partial charge in [0.15, 0.2) is 0 Å². The summed E-state index contributed by atoms with van der Waals surface area (Å²) in [7, 11) is 0. The smallest absolute Gasteiger partial charge is 0.0726 e. The Morgan fingerprint density at radius 1 is 0.308 bits per heavy atom. The van der Waals surface area contributed by atoms with Gasteiger partial charge in [0.1, 0.15) is 0 Å². The van der Waals surface area contributed by atoms with Gasteiger partial charge in [-0.15, -0.1) is 0 Å². The Morgan fingerprint density at radius 3 is 1.62 bits per heavy atom. The van der Waals surface area contributed by atoms with Gasteiger partial charge in [0, 0.05) is 22.2 Å². The summed E-state index contributed by atoms with van der Waals surface area (Å²) in [6.07, 6.45) is 0. The molecule has 65 heavy (non-hydrogen) atoms. The molecule has 14 rings (SSSR count). The first-order valence-corrected chi connectivity index (χ1v) is 22.9. The number of hydrogen-bond acceptors (Lipinski definition) is 1. The van der Waals surface area contributed by atoms with E-state index in [4.69, 9.17) is 0 Å². The first kappa shape index (κ1) is 36.5. The summed E-state index contributed by atoms with van der Waals surface area (Å²) in [6.45, 7) is 4.76. The highest BCUT2D eigenvalue weighted by molar-refractivity contribution is 6.14. The average molecular weight is 826 g/mol. The lowest BCUT2D eigenvalue weighted by atomic mass is 9.55. The second-order valence-corrected chi connectivity index (χ2v) is 18.7. The molecule has 0 N–H and O–H groups in total. The van der Waals surface area contributed by atoms with Crippen molar-refractivity contribution in [1.29, 1.82) is 0 Å². The third-order valence-electron chi connectivity index (χ3n) is 15.2. The van der Waals surface area contributed by atoms with Crippen molar-refractivity contribution in [3.63, 3.8) is 0 Å². The van der Waals surface area contributed by atoms with Gasteiger partial charge in [0.25, 0.3) is 0 Å². The van der Waals surface area contributed by atoms with Gasteiger partial charge in [-0.3, -0.25) is 0 Å². The molecule has 0 heterocycles. The summed E-state index contributed by atoms with van der Waals surface area (Å²) >= 11 is 0. The summed E-state index contributed by atoms with van der Waals surface area (Å²) in [5.41, 5.74) is 21.0. The van der Waals surface area contributed by atoms with Crippen molar-refractivity contribution < 1.29 is 0 Å². The van der Waals surface area contributed by atoms with Crippen molar-refractivity contribution >= 4 is 49.4 Å². The second-order valence-electron chi connectivity index (χ2n) is 18.7. The van der Waals surface area contributed by atoms with Crippen LogP contribution in [0.3, 0.4) is 0 Å². The van der Waals surface area contributed by atoms with Crippen LogP contribution in [0.2, 0.25) is 0 Å². The normalized spacial score (nSPS) is 15.7. The summed E-state index contributed by atoms with van der Waals surface area (Å²) < 4.78 is 0. The molecule has 1 unspecified atom stereocenters. The monoisotopic (exact) mass is 825 g/mol. The number of fused-ring (bicyclic) bond motifs is 12. The van der Waals surface area contributed by atoms with E-state index in [2.05, 4.69) is 243 Å². The van der Waals surface area contributed by atoms with E-state index in [-0.39, 0.29) is 5.41 Å². The largest absolute Gasteiger partial charge is 0.310 e. The van der Waals surface area contributed by atoms with Crippen LogP contribution in [0.15, 0.2) is 224 Å². The average Bonchev–Trinajstić information content (AvgIpc) is 3.59. The lowest BCUT2D eigenvalue weighted by Crippen LogP contribution is -2.36. The maximum atomic E-state index is 2.56. The van der Waals surface area contributed by atoms with E-state index >= 15 is 0 Å². The minimum Gasteiger partial charge on any atom is -0.310 e. The first-order chi connectivity index (χ1) is 32.0. The highest BCUT2D eigenvalue weighted by Gasteiger charge is 2.49. The number of hydrogen-bond donors (Lipinski definition) is 0. The van der Waals surface area contributed by atoms with Crippen LogP contribution >= 0.6 is 0 Å². The zero-order valence-corrected chi connectivity index (χ0v) is 36.3. The Bertz CT molecular complexity index is 3810. The molecule has 0 amide bonds. The van der Waals surface area contributed by atoms with Crippen LogP contribution in [-0.2, 0) is 10.8 Å². The quantitative estimate of drug-likeness (QED) is 0.171. The predicted molar refractivity (Wildman–Crippen MR) is 273 cm³/mol. The molecule has 0 saturated carbocycles. The molecule has 0 saturated heterocycles. The van der Waals surface area contributed by atoms with E-state index in [1.54, 1.807) is 0 Å². The summed E-state index contributed by atoms with van der Waals surface area (Å²) in [4.78, 5) is 2.54. The van der Waals surface area contributed by atoms with E-state index in [9.17, 15) is 0 Å². The molecule has 11 aromatic rings. The van der Waals surface area contributed by atoms with Crippen molar-refractivity contribution in [3.8, 4) is 44.5 Å². The van der Waals surface area contributed by atoms with E-state index in [0.29, 0.717) is 0 Å². The highest BCUT2D eigenvalue weighted by Crippen LogP contribution is 2.62. The molecule has 1 heteroatoms. The number of benzene rings is 11. The van der Waals surface area contributed by atoms with E-state index in [0.717, 1.165) is 17.1 Å². The van der Waals surface area contributed by atoms with E-state index < -0.39 is 5.41 Å². The minimum atomic E-state index is -0.635. The van der Waals surface area contributed by atoms with Crippen molar-refractivity contribution in [3.05, 3.63) is 258 Å². The van der Waals surface area contributed by atoms with Gasteiger partial charge >= 0.3 is 0 Å². The van der Waals surface area contributed by atoms with Crippen LogP contribution in [0.5, 0.6) is 0 Å². The Hall–Kier alpha value is -8.00. The Labute approximate surface area is 379 Å². The number of rotatable bonds is 4. The molecular formula is C64H43N. The van der Waals surface area contributed by atoms with Gasteiger partial charge in [0.2, 0.25) is 0 Å². The molecule has 1 spiro atoms. The number of nitrogens with zero attached hydrogens (tertiary/aromatic N) is 1. The SMILES string of the molecule is CC1(C)c2ccccc2-c2ccc(N(c3ccc4c(c3)C3(c5ccccc5-c5cccc6cccc3c56)c3cccc5c(-c6ccccc6)ccc-4c35)c3cccc4ccccc34)cc21. The fourth-order valence-electron chi connectivity index (χ4n) is 12.5. The van der Waals surface area contributed by atoms with Crippen LogP contribution in [0, 0.1) is 0 Å². The second kappa shape index (κ2) is 13.3. The summed E-state index contributed by atoms with van der Waals surface area (Å²) in [5.74, 6) is 0. The zero-order valence-electron chi connectivity index (χ0n) is 36.3. The van der Waals surface area contributed by atoms with Crippen LogP contribution in [0.25, 0.3) is 76.8 Å². The van der Waals surface area contributed by atoms with Gasteiger partial charge < -0.3 is 4.90 Å². The number of anilines is 3. The van der Waals surface area contributed by atoms with Crippen molar-refractivity contribution in [2.75, 3.05) is 4.90 Å². The fraction of sp³-hybridized carbons (Fsp3) is 0.0625. The third-order valence-corrected chi connectivity index (χ3v) is 15.2. The molecule has 3 aliphatic carbocycles. The molecule has 0 fully saturated rings. The van der Waals surface area contributed by atoms with E-state index in [1.165, 1.54) is 110 Å². The van der Waals surface area contributed by atoms with E-state index in [1.807, 2.05) is 0 Å². The van der Waals surface area contributed by atoms with Crippen LogP contribution in [-0.4, -0.2) is 0 Å². The Kier molecular flexibility index (Phi) is 7.45. The van der Waals surface area contributed by atoms with Crippen LogP contribution < -0.4 is 4.90 Å². The summed E-state index contributed by atoms with van der Waals surface area (Å²) in [6, 6.07) is 84.9. The molecule has 3 aliphatic rings. The molecule has 0 radical (unpaired) electrons. The maximum absolute atomic E-state index is 2.56. The predicted octanol–water partition coefficient (Wildman–Crippen LogP) is 16.9. The fourth-order valence-corrected chi connectivity index (χ4v) is 12.5. The molecule has 0 bridgehead atoms. The van der Waals surface area contributed by atoms with Gasteiger partial charge in [-0.05, 0) is 135 Å². The molecule has 0 aliphatic heterocycles. The lowest BCUT2D eigenvalue weighted by molar-refractivity contribution is 0.660. The molecule has 0 aromatic heterocycles. The van der Waals surface area contributed by atoms with Crippen molar-refractivity contribution in [1.82, 2.24) is 0 Å². The summed E-state index contributed by atoms with van der Waals surface area (Å²) in [5, 5.41) is 7.64. The molecular weight excluding hydrogens is 783 g/mol. The van der Waals surface area contributed by atoms with Gasteiger partial charge in [-0.2, -0.15) is 0 Å². The topological polar surface area (TPSA) is 3.24 Å². The Morgan fingerprint density at radius 2 is 0.800 bits per heavy atom. The first-order valence-electron chi connectivity index (χ1n) is 22.9. The van der Waals surface area contributed by atoms with Gasteiger partial charge in [-0.25, -0.2) is 0 Å². The molecule has 304 valence electrons. The Balaban J connectivity index is 1.11. The minimum absolute atomic E-state index is 0.148. The highest BCUT2D eigenvalue weighted by atomic mass is 15.1. The van der Waals surface area contributed by atoms with Crippen LogP contribution in [0.1, 0.15) is 47.2 Å². The van der Waals surface area contributed by atoms with Crippen molar-refractivity contribution in [2.45, 2.75) is 24.7 Å². The van der Waals surface area contributed by atoms with Gasteiger partial charge in [0.05, 0.1) is 11.1 Å². The third kappa shape index (κ3) is 4.82. The van der Waals surface area contributed by atoms with Gasteiger partial charge in [-0.1, -0.05) is 208 Å². The van der Waals surface area contributed by atoms with Crippen molar-refractivity contribution in [2.24, 2.45) is 0 Å². The lowest BCUT2D eigenvalue weighted by Gasteiger charge is -2.46. The molecule has 11 aromatic carbocycles. The standard InChI is InChI=1S/C64H43N/c1-63(2)54-27-10-8-23-47(54)49-34-32-43(38-58(49)63)65(60-31-14-19-41-18-6-7-22-46(41)60)44-33-35-50-53-37-36-45(40-16-4-3-5-17-40)51-26-15-30-57(62(51)53)64(59(50)39-44)55-28-11-9-24-48(55)52-25-12-20-42-21-13-29-56(64)61(42)52/h3-39H,1-2H3. The maximum Gasteiger partial charge on any atom is 0.0726 e. The zero-order chi connectivity index (χ0) is 43.0. The van der Waals surface area contributed by atoms with Crippen LogP contribution in [0.4, 0.5) is 17.1 Å². The molecule has 1 nitrogen and oxygen atoms in total.